The highest BCUT2D eigenvalue weighted by molar-refractivity contribution is 7.99. The Morgan fingerprint density at radius 3 is 2.44 bits per heavy atom. The van der Waals surface area contributed by atoms with Crippen molar-refractivity contribution in [2.75, 3.05) is 11.5 Å². The van der Waals surface area contributed by atoms with Crippen LogP contribution in [-0.4, -0.2) is 23.6 Å². The second-order valence-corrected chi connectivity index (χ2v) is 3.59. The van der Waals surface area contributed by atoms with Gasteiger partial charge in [-0.2, -0.15) is 11.8 Å². The number of hydrogen-bond acceptors (Lipinski definition) is 3. The molecule has 9 heavy (non-hydrogen) atoms. The molecule has 2 heterocycles. The molecule has 50 valence electrons. The van der Waals surface area contributed by atoms with E-state index in [9.17, 15) is 0 Å². The zero-order valence-corrected chi connectivity index (χ0v) is 6.00. The van der Waals surface area contributed by atoms with Gasteiger partial charge < -0.3 is 10.6 Å². The normalized spacial score (nSPS) is 39.8. The molecule has 2 rings (SSSR count). The molecule has 2 saturated heterocycles. The molecule has 0 unspecified atom stereocenters. The molecule has 2 fully saturated rings. The van der Waals surface area contributed by atoms with E-state index in [0.29, 0.717) is 12.1 Å². The minimum Gasteiger partial charge on any atom is -0.367 e. The highest BCUT2D eigenvalue weighted by Crippen LogP contribution is 2.22. The van der Waals surface area contributed by atoms with Crippen LogP contribution in [0.15, 0.2) is 12.4 Å². The number of rotatable bonds is 0. The van der Waals surface area contributed by atoms with Gasteiger partial charge in [-0.3, -0.25) is 0 Å². The Balaban J connectivity index is 2.09. The van der Waals surface area contributed by atoms with Gasteiger partial charge in [0.15, 0.2) is 0 Å². The molecule has 0 aromatic carbocycles. The number of nitrogens with one attached hydrogen (secondary N) is 2. The predicted molar refractivity (Wildman–Crippen MR) is 40.3 cm³/mol. The first-order valence-electron chi connectivity index (χ1n) is 3.16. The molecule has 0 spiro atoms. The molecule has 2 nitrogen and oxygen atoms in total. The summed E-state index contributed by atoms with van der Waals surface area (Å²) in [6.45, 7) is 3.81. The molecule has 2 atom stereocenters. The van der Waals surface area contributed by atoms with Gasteiger partial charge in [0.1, 0.15) is 0 Å². The SMILES string of the molecule is C=C1N[C@H]2CSC[C@H]2N1. The lowest BCUT2D eigenvalue weighted by Crippen LogP contribution is -2.31. The Hall–Kier alpha value is -0.310. The predicted octanol–water partition coefficient (Wildman–Crippen LogP) is 0.134. The van der Waals surface area contributed by atoms with Crippen LogP contribution in [0.1, 0.15) is 0 Å². The van der Waals surface area contributed by atoms with E-state index in [1.807, 2.05) is 11.8 Å². The van der Waals surface area contributed by atoms with Crippen LogP contribution in [0.2, 0.25) is 0 Å². The Labute approximate surface area is 59.1 Å². The first kappa shape index (κ1) is 5.47. The van der Waals surface area contributed by atoms with Gasteiger partial charge >= 0.3 is 0 Å². The van der Waals surface area contributed by atoms with Crippen molar-refractivity contribution in [3.63, 3.8) is 0 Å². The van der Waals surface area contributed by atoms with Crippen molar-refractivity contribution in [2.45, 2.75) is 12.1 Å². The molecular formula is C6H10N2S. The van der Waals surface area contributed by atoms with E-state index >= 15 is 0 Å². The first-order chi connectivity index (χ1) is 4.36. The van der Waals surface area contributed by atoms with E-state index in [2.05, 4.69) is 17.2 Å². The fraction of sp³-hybridized carbons (Fsp3) is 0.667. The maximum atomic E-state index is 3.81. The van der Waals surface area contributed by atoms with Crippen LogP contribution in [0, 0.1) is 0 Å². The maximum Gasteiger partial charge on any atom is 0.0918 e. The summed E-state index contributed by atoms with van der Waals surface area (Å²) in [5.41, 5.74) is 0. The summed E-state index contributed by atoms with van der Waals surface area (Å²) < 4.78 is 0. The lowest BCUT2D eigenvalue weighted by atomic mass is 10.2. The molecule has 2 aliphatic rings. The van der Waals surface area contributed by atoms with Crippen LogP contribution < -0.4 is 10.6 Å². The minimum atomic E-state index is 0.655. The van der Waals surface area contributed by atoms with Gasteiger partial charge in [-0.25, -0.2) is 0 Å². The Morgan fingerprint density at radius 1 is 1.33 bits per heavy atom. The van der Waals surface area contributed by atoms with Gasteiger partial charge in [0.05, 0.1) is 17.9 Å². The average molecular weight is 142 g/mol. The zero-order valence-electron chi connectivity index (χ0n) is 5.18. The third-order valence-corrected chi connectivity index (χ3v) is 2.99. The molecule has 0 aromatic heterocycles. The average Bonchev–Trinajstić information content (AvgIpc) is 2.22. The van der Waals surface area contributed by atoms with Crippen molar-refractivity contribution in [3.8, 4) is 0 Å². The summed E-state index contributed by atoms with van der Waals surface area (Å²) in [5, 5.41) is 6.58. The third kappa shape index (κ3) is 0.796. The van der Waals surface area contributed by atoms with Crippen molar-refractivity contribution in [3.05, 3.63) is 12.4 Å². The number of thioether (sulfide) groups is 1. The van der Waals surface area contributed by atoms with Crippen molar-refractivity contribution in [2.24, 2.45) is 0 Å². The Kier molecular flexibility index (Phi) is 1.12. The fourth-order valence-electron chi connectivity index (χ4n) is 1.33. The smallest absolute Gasteiger partial charge is 0.0918 e. The monoisotopic (exact) mass is 142 g/mol. The highest BCUT2D eigenvalue weighted by atomic mass is 32.2. The van der Waals surface area contributed by atoms with Crippen molar-refractivity contribution >= 4 is 11.8 Å². The molecule has 0 radical (unpaired) electrons. The topological polar surface area (TPSA) is 24.1 Å². The highest BCUT2D eigenvalue weighted by Gasteiger charge is 2.32. The summed E-state index contributed by atoms with van der Waals surface area (Å²) in [6.07, 6.45) is 0. The second-order valence-electron chi connectivity index (χ2n) is 2.52. The molecule has 3 heteroatoms. The molecule has 2 aliphatic heterocycles. The number of fused-ring (bicyclic) bond motifs is 1. The van der Waals surface area contributed by atoms with E-state index in [1.165, 1.54) is 11.5 Å². The summed E-state index contributed by atoms with van der Waals surface area (Å²) in [6, 6.07) is 1.31. The largest absolute Gasteiger partial charge is 0.367 e. The van der Waals surface area contributed by atoms with Gasteiger partial charge in [0.25, 0.3) is 0 Å². The number of hydrogen-bond donors (Lipinski definition) is 2. The minimum absolute atomic E-state index is 0.655. The van der Waals surface area contributed by atoms with Gasteiger partial charge in [-0.05, 0) is 0 Å². The van der Waals surface area contributed by atoms with Gasteiger partial charge in [0, 0.05) is 11.5 Å². The van der Waals surface area contributed by atoms with E-state index in [-0.39, 0.29) is 0 Å². The molecule has 0 aromatic rings. The van der Waals surface area contributed by atoms with Gasteiger partial charge in [0.2, 0.25) is 0 Å². The summed E-state index contributed by atoms with van der Waals surface area (Å²) in [5.74, 6) is 3.47. The summed E-state index contributed by atoms with van der Waals surface area (Å²) >= 11 is 2.00. The van der Waals surface area contributed by atoms with Crippen molar-refractivity contribution < 1.29 is 0 Å². The van der Waals surface area contributed by atoms with E-state index in [4.69, 9.17) is 0 Å². The quantitative estimate of drug-likeness (QED) is 0.503. The van der Waals surface area contributed by atoms with Crippen LogP contribution >= 0.6 is 11.8 Å². The van der Waals surface area contributed by atoms with Crippen LogP contribution in [0.4, 0.5) is 0 Å². The van der Waals surface area contributed by atoms with Crippen molar-refractivity contribution in [1.82, 2.24) is 10.6 Å². The molecule has 2 N–H and O–H groups in total. The van der Waals surface area contributed by atoms with Crippen molar-refractivity contribution in [1.29, 1.82) is 0 Å². The maximum absolute atomic E-state index is 3.81. The standard InChI is InChI=1S/C6H10N2S/c1-4-7-5-2-9-3-6(5)8-4/h5-8H,1-3H2/t5-,6+. The zero-order chi connectivity index (χ0) is 6.27. The molecular weight excluding hydrogens is 132 g/mol. The molecule has 0 amide bonds. The molecule has 0 aliphatic carbocycles. The molecule has 0 saturated carbocycles. The Morgan fingerprint density at radius 2 is 1.89 bits per heavy atom. The van der Waals surface area contributed by atoms with Crippen LogP contribution in [0.25, 0.3) is 0 Å². The first-order valence-corrected chi connectivity index (χ1v) is 4.31. The summed E-state index contributed by atoms with van der Waals surface area (Å²) in [4.78, 5) is 0. The second kappa shape index (κ2) is 1.84. The van der Waals surface area contributed by atoms with E-state index < -0.39 is 0 Å². The Bertz CT molecular complexity index is 132. The fourth-order valence-corrected chi connectivity index (χ4v) is 2.60. The third-order valence-electron chi connectivity index (χ3n) is 1.80. The molecule has 0 bridgehead atoms. The van der Waals surface area contributed by atoms with Gasteiger partial charge in [-0.1, -0.05) is 6.58 Å². The summed E-state index contributed by atoms with van der Waals surface area (Å²) in [7, 11) is 0. The lowest BCUT2D eigenvalue weighted by molar-refractivity contribution is 0.620. The van der Waals surface area contributed by atoms with E-state index in [0.717, 1.165) is 5.82 Å². The van der Waals surface area contributed by atoms with Crippen LogP contribution in [0.5, 0.6) is 0 Å². The van der Waals surface area contributed by atoms with Gasteiger partial charge in [-0.15, -0.1) is 0 Å². The lowest BCUT2D eigenvalue weighted by Gasteiger charge is -2.03. The van der Waals surface area contributed by atoms with E-state index in [1.54, 1.807) is 0 Å². The van der Waals surface area contributed by atoms with Crippen LogP contribution in [0.3, 0.4) is 0 Å². The van der Waals surface area contributed by atoms with Crippen LogP contribution in [-0.2, 0) is 0 Å².